The number of carbonyl (C=O) groups excluding carboxylic acids is 2. The van der Waals surface area contributed by atoms with Gasteiger partial charge in [-0.1, -0.05) is 0 Å². The van der Waals surface area contributed by atoms with Gasteiger partial charge in [-0.2, -0.15) is 0 Å². The van der Waals surface area contributed by atoms with Crippen molar-refractivity contribution in [3.63, 3.8) is 0 Å². The highest BCUT2D eigenvalue weighted by molar-refractivity contribution is 6.14. The average Bonchev–Trinajstić information content (AvgIpc) is 3.42. The zero-order valence-electron chi connectivity index (χ0n) is 15.5. The van der Waals surface area contributed by atoms with Crippen LogP contribution in [0.3, 0.4) is 0 Å². The third-order valence-corrected chi connectivity index (χ3v) is 4.28. The number of hydrogen-bond acceptors (Lipinski definition) is 6. The van der Waals surface area contributed by atoms with Gasteiger partial charge >= 0.3 is 0 Å². The number of anilines is 1. The second-order valence-electron chi connectivity index (χ2n) is 6.18. The van der Waals surface area contributed by atoms with Crippen LogP contribution < -0.4 is 14.8 Å². The molecule has 0 fully saturated rings. The number of carbonyl (C=O) groups is 2. The number of hydrogen-bond donors (Lipinski definition) is 1. The van der Waals surface area contributed by atoms with Gasteiger partial charge in [0.2, 0.25) is 5.78 Å². The number of amides is 1. The molecule has 0 saturated heterocycles. The number of methoxy groups -OCH3 is 1. The first kappa shape index (κ1) is 18.4. The predicted molar refractivity (Wildman–Crippen MR) is 105 cm³/mol. The summed E-state index contributed by atoms with van der Waals surface area (Å²) in [5, 5.41) is 3.32. The molecule has 0 saturated carbocycles. The minimum Gasteiger partial charge on any atom is -0.497 e. The number of furan rings is 2. The van der Waals surface area contributed by atoms with Crippen molar-refractivity contribution >= 4 is 28.3 Å². The van der Waals surface area contributed by atoms with Crippen LogP contribution in [0.4, 0.5) is 5.69 Å². The standard InChI is InChI=1S/C22H17NO6/c1-26-15-6-4-14(5-7-15)23-21(24)13-28-16-8-9-19-17(11-16)18(12-29-19)22(25)20-3-2-10-27-20/h2-12H,13H2,1H3,(H,23,24). The quantitative estimate of drug-likeness (QED) is 0.473. The summed E-state index contributed by atoms with van der Waals surface area (Å²) < 4.78 is 21.3. The minimum absolute atomic E-state index is 0.184. The fraction of sp³-hybridized carbons (Fsp3) is 0.0909. The third-order valence-electron chi connectivity index (χ3n) is 4.28. The molecule has 0 unspecified atom stereocenters. The van der Waals surface area contributed by atoms with Gasteiger partial charge in [0.05, 0.1) is 18.9 Å². The van der Waals surface area contributed by atoms with E-state index >= 15 is 0 Å². The molecule has 2 heterocycles. The lowest BCUT2D eigenvalue weighted by Crippen LogP contribution is -2.20. The number of ketones is 1. The summed E-state index contributed by atoms with van der Waals surface area (Å²) in [5.74, 6) is 0.764. The molecule has 146 valence electrons. The number of ether oxygens (including phenoxy) is 2. The van der Waals surface area contributed by atoms with E-state index < -0.39 is 0 Å². The van der Waals surface area contributed by atoms with E-state index in [0.29, 0.717) is 33.7 Å². The molecule has 0 atom stereocenters. The highest BCUT2D eigenvalue weighted by Gasteiger charge is 2.18. The van der Waals surface area contributed by atoms with E-state index in [1.807, 2.05) is 0 Å². The van der Waals surface area contributed by atoms with Crippen molar-refractivity contribution < 1.29 is 27.9 Å². The maximum absolute atomic E-state index is 12.5. The van der Waals surface area contributed by atoms with E-state index in [9.17, 15) is 9.59 Å². The summed E-state index contributed by atoms with van der Waals surface area (Å²) in [7, 11) is 1.58. The molecule has 29 heavy (non-hydrogen) atoms. The topological polar surface area (TPSA) is 90.9 Å². The second kappa shape index (κ2) is 7.93. The minimum atomic E-state index is -0.311. The van der Waals surface area contributed by atoms with E-state index in [4.69, 9.17) is 18.3 Å². The number of benzene rings is 2. The summed E-state index contributed by atoms with van der Waals surface area (Å²) >= 11 is 0. The second-order valence-corrected chi connectivity index (χ2v) is 6.18. The normalized spacial score (nSPS) is 10.7. The van der Waals surface area contributed by atoms with Crippen molar-refractivity contribution in [2.24, 2.45) is 0 Å². The highest BCUT2D eigenvalue weighted by atomic mass is 16.5. The third kappa shape index (κ3) is 3.98. The fourth-order valence-corrected chi connectivity index (χ4v) is 2.83. The van der Waals surface area contributed by atoms with Gasteiger partial charge < -0.3 is 23.6 Å². The molecule has 0 aliphatic rings. The van der Waals surface area contributed by atoms with Crippen LogP contribution in [0.2, 0.25) is 0 Å². The predicted octanol–water partition coefficient (Wildman–Crippen LogP) is 4.28. The average molecular weight is 391 g/mol. The lowest BCUT2D eigenvalue weighted by Gasteiger charge is -2.08. The largest absolute Gasteiger partial charge is 0.497 e. The Labute approximate surface area is 165 Å². The maximum atomic E-state index is 12.5. The van der Waals surface area contributed by atoms with Crippen LogP contribution in [0.5, 0.6) is 11.5 Å². The Balaban J connectivity index is 1.44. The molecule has 0 aliphatic carbocycles. The van der Waals surface area contributed by atoms with Crippen LogP contribution in [-0.2, 0) is 4.79 Å². The lowest BCUT2D eigenvalue weighted by molar-refractivity contribution is -0.118. The molecule has 4 aromatic rings. The molecule has 1 amide bonds. The van der Waals surface area contributed by atoms with E-state index in [2.05, 4.69) is 5.32 Å². The zero-order chi connectivity index (χ0) is 20.2. The van der Waals surface area contributed by atoms with E-state index in [1.54, 1.807) is 61.7 Å². The molecular weight excluding hydrogens is 374 g/mol. The summed E-state index contributed by atoms with van der Waals surface area (Å²) in [6.45, 7) is -0.184. The van der Waals surface area contributed by atoms with Crippen molar-refractivity contribution in [2.75, 3.05) is 19.0 Å². The lowest BCUT2D eigenvalue weighted by atomic mass is 10.1. The van der Waals surface area contributed by atoms with Crippen LogP contribution in [0, 0.1) is 0 Å². The van der Waals surface area contributed by atoms with Gasteiger partial charge in [0, 0.05) is 11.1 Å². The Kier molecular flexibility index (Phi) is 5.03. The Morgan fingerprint density at radius 3 is 2.52 bits per heavy atom. The molecular formula is C22H17NO6. The number of fused-ring (bicyclic) bond motifs is 1. The molecule has 0 radical (unpaired) electrons. The van der Waals surface area contributed by atoms with Crippen molar-refractivity contribution in [1.29, 1.82) is 0 Å². The molecule has 0 bridgehead atoms. The van der Waals surface area contributed by atoms with E-state index in [0.717, 1.165) is 0 Å². The zero-order valence-corrected chi connectivity index (χ0v) is 15.5. The van der Waals surface area contributed by atoms with Gasteiger partial charge in [0.15, 0.2) is 12.4 Å². The maximum Gasteiger partial charge on any atom is 0.262 e. The monoisotopic (exact) mass is 391 g/mol. The van der Waals surface area contributed by atoms with Crippen LogP contribution >= 0.6 is 0 Å². The van der Waals surface area contributed by atoms with Crippen LogP contribution in [0.25, 0.3) is 11.0 Å². The van der Waals surface area contributed by atoms with E-state index in [-0.39, 0.29) is 24.1 Å². The molecule has 1 N–H and O–H groups in total. The number of rotatable bonds is 7. The van der Waals surface area contributed by atoms with Gasteiger partial charge in [-0.3, -0.25) is 9.59 Å². The van der Waals surface area contributed by atoms with Gasteiger partial charge in [-0.15, -0.1) is 0 Å². The smallest absolute Gasteiger partial charge is 0.262 e. The highest BCUT2D eigenvalue weighted by Crippen LogP contribution is 2.28. The Morgan fingerprint density at radius 1 is 1.00 bits per heavy atom. The SMILES string of the molecule is COc1ccc(NC(=O)COc2ccc3occ(C(=O)c4ccco4)c3c2)cc1. The van der Waals surface area contributed by atoms with Gasteiger partial charge in [-0.05, 0) is 54.6 Å². The van der Waals surface area contributed by atoms with Crippen molar-refractivity contribution in [3.05, 3.63) is 78.4 Å². The Morgan fingerprint density at radius 2 is 1.79 bits per heavy atom. The van der Waals surface area contributed by atoms with Crippen LogP contribution in [-0.4, -0.2) is 25.4 Å². The van der Waals surface area contributed by atoms with Crippen molar-refractivity contribution in [1.82, 2.24) is 0 Å². The van der Waals surface area contributed by atoms with Crippen molar-refractivity contribution in [2.45, 2.75) is 0 Å². The van der Waals surface area contributed by atoms with Gasteiger partial charge in [0.1, 0.15) is 23.3 Å². The van der Waals surface area contributed by atoms with Gasteiger partial charge in [-0.25, -0.2) is 0 Å². The first-order valence-corrected chi connectivity index (χ1v) is 8.80. The fourth-order valence-electron chi connectivity index (χ4n) is 2.83. The molecule has 7 heteroatoms. The van der Waals surface area contributed by atoms with Crippen molar-refractivity contribution in [3.8, 4) is 11.5 Å². The van der Waals surface area contributed by atoms with Crippen LogP contribution in [0.1, 0.15) is 16.1 Å². The molecule has 0 aliphatic heterocycles. The summed E-state index contributed by atoms with van der Waals surface area (Å²) in [5.41, 5.74) is 1.54. The molecule has 2 aromatic heterocycles. The Bertz CT molecular complexity index is 1140. The molecule has 0 spiro atoms. The number of nitrogens with one attached hydrogen (secondary N) is 1. The first-order chi connectivity index (χ1) is 14.1. The van der Waals surface area contributed by atoms with Crippen LogP contribution in [0.15, 0.2) is 76.0 Å². The molecule has 4 rings (SSSR count). The van der Waals surface area contributed by atoms with Gasteiger partial charge in [0.25, 0.3) is 5.91 Å². The summed E-state index contributed by atoms with van der Waals surface area (Å²) in [4.78, 5) is 24.7. The Hall–Kier alpha value is -4.00. The summed E-state index contributed by atoms with van der Waals surface area (Å²) in [6, 6.07) is 15.2. The molecule has 7 nitrogen and oxygen atoms in total. The summed E-state index contributed by atoms with van der Waals surface area (Å²) in [6.07, 6.45) is 2.82. The molecule has 2 aromatic carbocycles. The van der Waals surface area contributed by atoms with E-state index in [1.165, 1.54) is 12.5 Å². The first-order valence-electron chi connectivity index (χ1n) is 8.80.